The Balaban J connectivity index is 1.49. The van der Waals surface area contributed by atoms with Crippen molar-refractivity contribution in [2.75, 3.05) is 18.1 Å². The fourth-order valence-electron chi connectivity index (χ4n) is 3.49. The number of para-hydroxylation sites is 2. The van der Waals surface area contributed by atoms with E-state index < -0.39 is 0 Å². The maximum absolute atomic E-state index is 13.1. The molecule has 1 aliphatic heterocycles. The number of thioether (sulfide) groups is 1. The van der Waals surface area contributed by atoms with E-state index >= 15 is 0 Å². The van der Waals surface area contributed by atoms with E-state index in [4.69, 9.17) is 33.3 Å². The molecule has 1 saturated heterocycles. The van der Waals surface area contributed by atoms with Gasteiger partial charge in [0.25, 0.3) is 5.91 Å². The lowest BCUT2D eigenvalue weighted by molar-refractivity contribution is -0.113. The van der Waals surface area contributed by atoms with Crippen molar-refractivity contribution in [1.29, 1.82) is 0 Å². The molecule has 0 bridgehead atoms. The van der Waals surface area contributed by atoms with Gasteiger partial charge in [-0.15, -0.1) is 0 Å². The third kappa shape index (κ3) is 5.41. The maximum Gasteiger partial charge on any atom is 0.270 e. The lowest BCUT2D eigenvalue weighted by atomic mass is 10.1. The van der Waals surface area contributed by atoms with Crippen LogP contribution in [0.5, 0.6) is 11.5 Å². The van der Waals surface area contributed by atoms with Crippen LogP contribution < -0.4 is 14.4 Å². The molecule has 4 nitrogen and oxygen atoms in total. The summed E-state index contributed by atoms with van der Waals surface area (Å²) >= 11 is 12.9. The molecule has 1 amide bonds. The minimum absolute atomic E-state index is 0.166. The van der Waals surface area contributed by atoms with Gasteiger partial charge in [0.2, 0.25) is 0 Å². The number of hydrogen-bond acceptors (Lipinski definition) is 5. The average Bonchev–Trinajstić information content (AvgIpc) is 3.07. The summed E-state index contributed by atoms with van der Waals surface area (Å²) in [6.07, 6.45) is 1.77. The van der Waals surface area contributed by atoms with Crippen molar-refractivity contribution in [2.45, 2.75) is 13.8 Å². The predicted octanol–water partition coefficient (Wildman–Crippen LogP) is 6.82. The number of anilines is 1. The minimum atomic E-state index is -0.166. The largest absolute Gasteiger partial charge is 0.489 e. The monoisotopic (exact) mass is 495 g/mol. The van der Waals surface area contributed by atoms with E-state index in [1.54, 1.807) is 24.3 Å². The Hall–Kier alpha value is -2.80. The Morgan fingerprint density at radius 3 is 2.39 bits per heavy atom. The van der Waals surface area contributed by atoms with Crippen molar-refractivity contribution in [3.05, 3.63) is 93.3 Å². The zero-order chi connectivity index (χ0) is 23.4. The first-order chi connectivity index (χ1) is 15.9. The summed E-state index contributed by atoms with van der Waals surface area (Å²) in [6.45, 7) is 4.78. The van der Waals surface area contributed by atoms with Gasteiger partial charge in [-0.25, -0.2) is 0 Å². The lowest BCUT2D eigenvalue weighted by Gasteiger charge is -2.14. The van der Waals surface area contributed by atoms with E-state index in [1.165, 1.54) is 16.7 Å². The Morgan fingerprint density at radius 1 is 0.970 bits per heavy atom. The van der Waals surface area contributed by atoms with Gasteiger partial charge < -0.3 is 9.47 Å². The van der Waals surface area contributed by atoms with Gasteiger partial charge in [-0.2, -0.15) is 0 Å². The lowest BCUT2D eigenvalue weighted by Crippen LogP contribution is -2.27. The topological polar surface area (TPSA) is 38.8 Å². The SMILES string of the molecule is Cc1cccc(C)c1OCCOc1ccc(Cl)cc1C=C1SC(=S)N(c2ccccc2)C1=O. The van der Waals surface area contributed by atoms with E-state index in [0.29, 0.717) is 38.8 Å². The molecule has 3 aromatic carbocycles. The van der Waals surface area contributed by atoms with Gasteiger partial charge in [0.05, 0.1) is 10.6 Å². The van der Waals surface area contributed by atoms with Crippen LogP contribution in [0, 0.1) is 13.8 Å². The normalized spacial score (nSPS) is 14.8. The predicted molar refractivity (Wildman–Crippen MR) is 140 cm³/mol. The van der Waals surface area contributed by atoms with Crippen LogP contribution in [-0.4, -0.2) is 23.4 Å². The first-order valence-electron chi connectivity index (χ1n) is 10.4. The summed E-state index contributed by atoms with van der Waals surface area (Å²) in [5.74, 6) is 1.33. The number of rotatable bonds is 7. The second kappa shape index (κ2) is 10.4. The van der Waals surface area contributed by atoms with Crippen molar-refractivity contribution < 1.29 is 14.3 Å². The summed E-state index contributed by atoms with van der Waals surface area (Å²) in [5, 5.41) is 0.555. The summed E-state index contributed by atoms with van der Waals surface area (Å²) in [5.41, 5.74) is 3.63. The smallest absolute Gasteiger partial charge is 0.270 e. The molecule has 0 unspecified atom stereocenters. The molecule has 0 aromatic heterocycles. The fourth-order valence-corrected chi connectivity index (χ4v) is 4.96. The molecule has 3 aromatic rings. The quantitative estimate of drug-likeness (QED) is 0.204. The molecular formula is C26H22ClNO3S2. The van der Waals surface area contributed by atoms with Crippen LogP contribution in [0.25, 0.3) is 6.08 Å². The first-order valence-corrected chi connectivity index (χ1v) is 12.0. The fraction of sp³-hybridized carbons (Fsp3) is 0.154. The van der Waals surface area contributed by atoms with Crippen LogP contribution >= 0.6 is 35.6 Å². The second-order valence-electron chi connectivity index (χ2n) is 7.45. The third-order valence-corrected chi connectivity index (χ3v) is 6.60. The van der Waals surface area contributed by atoms with Gasteiger partial charge in [-0.05, 0) is 61.4 Å². The molecule has 4 rings (SSSR count). The van der Waals surface area contributed by atoms with Crippen LogP contribution in [0.3, 0.4) is 0 Å². The molecule has 0 aliphatic carbocycles. The van der Waals surface area contributed by atoms with Crippen LogP contribution in [0.1, 0.15) is 16.7 Å². The summed E-state index contributed by atoms with van der Waals surface area (Å²) in [4.78, 5) is 15.1. The average molecular weight is 496 g/mol. The van der Waals surface area contributed by atoms with Gasteiger partial charge in [0.15, 0.2) is 4.32 Å². The van der Waals surface area contributed by atoms with Gasteiger partial charge in [0, 0.05) is 10.6 Å². The van der Waals surface area contributed by atoms with E-state index in [9.17, 15) is 4.79 Å². The van der Waals surface area contributed by atoms with Crippen LogP contribution in [0.15, 0.2) is 71.6 Å². The van der Waals surface area contributed by atoms with E-state index in [1.807, 2.05) is 62.4 Å². The molecule has 0 saturated carbocycles. The highest BCUT2D eigenvalue weighted by atomic mass is 35.5. The first kappa shape index (κ1) is 23.4. The van der Waals surface area contributed by atoms with Crippen LogP contribution in [0.2, 0.25) is 5.02 Å². The number of thiocarbonyl (C=S) groups is 1. The summed E-state index contributed by atoms with van der Waals surface area (Å²) < 4.78 is 12.4. The minimum Gasteiger partial charge on any atom is -0.489 e. The van der Waals surface area contributed by atoms with Crippen molar-refractivity contribution in [1.82, 2.24) is 0 Å². The van der Waals surface area contributed by atoms with Gasteiger partial charge in [-0.1, -0.05) is 72.0 Å². The van der Waals surface area contributed by atoms with Gasteiger partial charge >= 0.3 is 0 Å². The molecule has 1 heterocycles. The van der Waals surface area contributed by atoms with E-state index in [-0.39, 0.29) is 5.91 Å². The number of carbonyl (C=O) groups excluding carboxylic acids is 1. The van der Waals surface area contributed by atoms with E-state index in [2.05, 4.69) is 0 Å². The zero-order valence-corrected chi connectivity index (χ0v) is 20.6. The maximum atomic E-state index is 13.1. The van der Waals surface area contributed by atoms with E-state index in [0.717, 1.165) is 22.6 Å². The van der Waals surface area contributed by atoms with Gasteiger partial charge in [-0.3, -0.25) is 9.69 Å². The highest BCUT2D eigenvalue weighted by Crippen LogP contribution is 2.37. The summed E-state index contributed by atoms with van der Waals surface area (Å²) in [6, 6.07) is 20.8. The van der Waals surface area contributed by atoms with Crippen LogP contribution in [0.4, 0.5) is 5.69 Å². The number of carbonyl (C=O) groups is 1. The molecule has 0 atom stereocenters. The zero-order valence-electron chi connectivity index (χ0n) is 18.2. The molecule has 0 radical (unpaired) electrons. The number of ether oxygens (including phenoxy) is 2. The Morgan fingerprint density at radius 2 is 1.67 bits per heavy atom. The van der Waals surface area contributed by atoms with Crippen molar-refractivity contribution in [2.24, 2.45) is 0 Å². The van der Waals surface area contributed by atoms with Crippen LogP contribution in [-0.2, 0) is 4.79 Å². The van der Waals surface area contributed by atoms with Crippen molar-refractivity contribution in [3.8, 4) is 11.5 Å². The molecule has 7 heteroatoms. The highest BCUT2D eigenvalue weighted by Gasteiger charge is 2.33. The molecule has 1 aliphatic rings. The Bertz CT molecular complexity index is 1210. The molecule has 168 valence electrons. The third-order valence-electron chi connectivity index (χ3n) is 5.06. The molecular weight excluding hydrogens is 474 g/mol. The number of nitrogens with zero attached hydrogens (tertiary/aromatic N) is 1. The Kier molecular flexibility index (Phi) is 7.38. The highest BCUT2D eigenvalue weighted by molar-refractivity contribution is 8.27. The number of hydrogen-bond donors (Lipinski definition) is 0. The van der Waals surface area contributed by atoms with Crippen molar-refractivity contribution in [3.63, 3.8) is 0 Å². The van der Waals surface area contributed by atoms with Crippen molar-refractivity contribution >= 4 is 57.6 Å². The Labute approximate surface area is 208 Å². The number of aryl methyl sites for hydroxylation is 2. The molecule has 0 spiro atoms. The summed E-state index contributed by atoms with van der Waals surface area (Å²) in [7, 11) is 0. The van der Waals surface area contributed by atoms with Gasteiger partial charge in [0.1, 0.15) is 24.7 Å². The molecule has 1 fully saturated rings. The molecule has 0 N–H and O–H groups in total. The second-order valence-corrected chi connectivity index (χ2v) is 9.56. The standard InChI is InChI=1S/C26H22ClNO3S2/c1-17-7-6-8-18(2)24(17)31-14-13-30-22-12-11-20(27)15-19(22)16-23-25(29)28(26(32)33-23)21-9-4-3-5-10-21/h3-12,15-16H,13-14H2,1-2H3. The number of halogens is 1. The number of benzene rings is 3. The number of amides is 1. The molecule has 33 heavy (non-hydrogen) atoms.